The topological polar surface area (TPSA) is 36.4 Å². The molecule has 2 heterocycles. The zero-order chi connectivity index (χ0) is 17.2. The first-order valence-electron chi connectivity index (χ1n) is 8.62. The van der Waals surface area contributed by atoms with Crippen LogP contribution in [-0.4, -0.2) is 35.9 Å². The van der Waals surface area contributed by atoms with E-state index in [1.165, 1.54) is 10.3 Å². The molecule has 0 unspecified atom stereocenters. The van der Waals surface area contributed by atoms with Gasteiger partial charge in [-0.05, 0) is 43.7 Å². The molecule has 0 spiro atoms. The summed E-state index contributed by atoms with van der Waals surface area (Å²) in [6.07, 6.45) is 2.09. The molecule has 0 bridgehead atoms. The third-order valence-electron chi connectivity index (χ3n) is 4.56. The Morgan fingerprint density at radius 1 is 1.20 bits per heavy atom. The van der Waals surface area contributed by atoms with Gasteiger partial charge >= 0.3 is 0 Å². The Hall–Kier alpha value is -2.24. The van der Waals surface area contributed by atoms with Crippen molar-refractivity contribution in [1.82, 2.24) is 9.88 Å². The third kappa shape index (κ3) is 3.43. The average Bonchev–Trinajstić information content (AvgIpc) is 3.03. The fourth-order valence-corrected chi connectivity index (χ4v) is 4.43. The smallest absolute Gasteiger partial charge is 0.241 e. The first kappa shape index (κ1) is 16.2. The predicted molar refractivity (Wildman–Crippen MR) is 103 cm³/mol. The lowest BCUT2D eigenvalue weighted by molar-refractivity contribution is -0.119. The molecule has 0 atom stereocenters. The van der Waals surface area contributed by atoms with Crippen LogP contribution in [-0.2, 0) is 17.8 Å². The standard InChI is InChI=1S/C20H21N3OS/c1-22(13-19-21-16-9-3-5-11-18(16)25-19)14-20(24)23-12-6-8-15-7-2-4-10-17(15)23/h2-5,7,9-11H,6,8,12-14H2,1H3. The Bertz CT molecular complexity index is 872. The van der Waals surface area contributed by atoms with Crippen molar-refractivity contribution in [2.45, 2.75) is 19.4 Å². The highest BCUT2D eigenvalue weighted by molar-refractivity contribution is 7.18. The summed E-state index contributed by atoms with van der Waals surface area (Å²) in [6.45, 7) is 1.91. The van der Waals surface area contributed by atoms with Crippen molar-refractivity contribution in [2.24, 2.45) is 0 Å². The number of thiazole rings is 1. The minimum absolute atomic E-state index is 0.163. The van der Waals surface area contributed by atoms with E-state index in [0.717, 1.165) is 35.6 Å². The van der Waals surface area contributed by atoms with Gasteiger partial charge in [-0.25, -0.2) is 4.98 Å². The summed E-state index contributed by atoms with van der Waals surface area (Å²) < 4.78 is 1.20. The number of amides is 1. The SMILES string of the molecule is CN(CC(=O)N1CCCc2ccccc21)Cc1nc2ccccc2s1. The van der Waals surface area contributed by atoms with Crippen molar-refractivity contribution in [2.75, 3.05) is 25.0 Å². The van der Waals surface area contributed by atoms with Crippen LogP contribution in [0, 0.1) is 0 Å². The number of para-hydroxylation sites is 2. The number of aromatic nitrogens is 1. The summed E-state index contributed by atoms with van der Waals surface area (Å²) in [7, 11) is 1.99. The summed E-state index contributed by atoms with van der Waals surface area (Å²) in [5, 5.41) is 1.05. The maximum Gasteiger partial charge on any atom is 0.241 e. The maximum absolute atomic E-state index is 12.8. The van der Waals surface area contributed by atoms with Crippen LogP contribution < -0.4 is 4.90 Å². The number of benzene rings is 2. The van der Waals surface area contributed by atoms with Gasteiger partial charge < -0.3 is 4.90 Å². The van der Waals surface area contributed by atoms with Crippen molar-refractivity contribution in [1.29, 1.82) is 0 Å². The number of carbonyl (C=O) groups excluding carboxylic acids is 1. The van der Waals surface area contributed by atoms with Crippen LogP contribution in [0.15, 0.2) is 48.5 Å². The van der Waals surface area contributed by atoms with Gasteiger partial charge in [-0.15, -0.1) is 11.3 Å². The van der Waals surface area contributed by atoms with Gasteiger partial charge in [0, 0.05) is 12.2 Å². The molecule has 4 rings (SSSR count). The zero-order valence-electron chi connectivity index (χ0n) is 14.3. The van der Waals surface area contributed by atoms with Crippen LogP contribution >= 0.6 is 11.3 Å². The van der Waals surface area contributed by atoms with Crippen LogP contribution in [0.5, 0.6) is 0 Å². The largest absolute Gasteiger partial charge is 0.311 e. The fraction of sp³-hybridized carbons (Fsp3) is 0.300. The van der Waals surface area contributed by atoms with Gasteiger partial charge in [0.2, 0.25) is 5.91 Å². The Morgan fingerprint density at radius 3 is 2.88 bits per heavy atom. The van der Waals surface area contributed by atoms with Crippen molar-refractivity contribution in [3.8, 4) is 0 Å². The molecule has 25 heavy (non-hydrogen) atoms. The lowest BCUT2D eigenvalue weighted by Crippen LogP contribution is -2.41. The van der Waals surface area contributed by atoms with Gasteiger partial charge in [0.05, 0.1) is 23.3 Å². The monoisotopic (exact) mass is 351 g/mol. The molecule has 5 heteroatoms. The molecule has 4 nitrogen and oxygen atoms in total. The summed E-state index contributed by atoms with van der Waals surface area (Å²) in [5.41, 5.74) is 3.38. The van der Waals surface area contributed by atoms with E-state index in [2.05, 4.69) is 28.1 Å². The van der Waals surface area contributed by atoms with Gasteiger partial charge in [-0.3, -0.25) is 9.69 Å². The van der Waals surface area contributed by atoms with Gasteiger partial charge in [-0.2, -0.15) is 0 Å². The second kappa shape index (κ2) is 6.94. The lowest BCUT2D eigenvalue weighted by atomic mass is 10.0. The third-order valence-corrected chi connectivity index (χ3v) is 5.58. The Kier molecular flexibility index (Phi) is 4.51. The molecule has 0 saturated heterocycles. The molecule has 0 N–H and O–H groups in total. The number of nitrogens with zero attached hydrogens (tertiary/aromatic N) is 3. The van der Waals surface area contributed by atoms with Gasteiger partial charge in [-0.1, -0.05) is 30.3 Å². The molecule has 0 saturated carbocycles. The summed E-state index contributed by atoms with van der Waals surface area (Å²) in [6, 6.07) is 16.4. The highest BCUT2D eigenvalue weighted by Gasteiger charge is 2.23. The molecular formula is C20H21N3OS. The van der Waals surface area contributed by atoms with Crippen LogP contribution in [0.25, 0.3) is 10.2 Å². The minimum atomic E-state index is 0.163. The number of hydrogen-bond donors (Lipinski definition) is 0. The van der Waals surface area contributed by atoms with Crippen LogP contribution in [0.4, 0.5) is 5.69 Å². The molecule has 1 aromatic heterocycles. The quantitative estimate of drug-likeness (QED) is 0.719. The number of aryl methyl sites for hydroxylation is 1. The average molecular weight is 351 g/mol. The van der Waals surface area contributed by atoms with Crippen molar-refractivity contribution < 1.29 is 4.79 Å². The fourth-order valence-electron chi connectivity index (χ4n) is 3.38. The van der Waals surface area contributed by atoms with E-state index < -0.39 is 0 Å². The number of carbonyl (C=O) groups is 1. The molecule has 1 amide bonds. The Morgan fingerprint density at radius 2 is 2.00 bits per heavy atom. The van der Waals surface area contributed by atoms with E-state index in [9.17, 15) is 4.79 Å². The summed E-state index contributed by atoms with van der Waals surface area (Å²) in [5.74, 6) is 0.163. The number of anilines is 1. The van der Waals surface area contributed by atoms with E-state index in [-0.39, 0.29) is 5.91 Å². The lowest BCUT2D eigenvalue weighted by Gasteiger charge is -2.30. The Balaban J connectivity index is 1.44. The van der Waals surface area contributed by atoms with Crippen LogP contribution in [0.3, 0.4) is 0 Å². The highest BCUT2D eigenvalue weighted by Crippen LogP contribution is 2.27. The van der Waals surface area contributed by atoms with E-state index in [4.69, 9.17) is 0 Å². The number of fused-ring (bicyclic) bond motifs is 2. The van der Waals surface area contributed by atoms with E-state index in [0.29, 0.717) is 13.1 Å². The van der Waals surface area contributed by atoms with Crippen LogP contribution in [0.2, 0.25) is 0 Å². The molecule has 1 aliphatic rings. The summed E-state index contributed by atoms with van der Waals surface area (Å²) in [4.78, 5) is 21.5. The summed E-state index contributed by atoms with van der Waals surface area (Å²) >= 11 is 1.70. The van der Waals surface area contributed by atoms with Gasteiger partial charge in [0.15, 0.2) is 0 Å². The number of hydrogen-bond acceptors (Lipinski definition) is 4. The number of rotatable bonds is 4. The zero-order valence-corrected chi connectivity index (χ0v) is 15.1. The maximum atomic E-state index is 12.8. The van der Waals surface area contributed by atoms with E-state index >= 15 is 0 Å². The normalized spacial score (nSPS) is 14.1. The van der Waals surface area contributed by atoms with Crippen molar-refractivity contribution >= 4 is 33.1 Å². The highest BCUT2D eigenvalue weighted by atomic mass is 32.1. The van der Waals surface area contributed by atoms with Gasteiger partial charge in [0.25, 0.3) is 0 Å². The van der Waals surface area contributed by atoms with Crippen molar-refractivity contribution in [3.05, 3.63) is 59.1 Å². The first-order valence-corrected chi connectivity index (χ1v) is 9.43. The molecule has 2 aromatic carbocycles. The van der Waals surface area contributed by atoms with Crippen LogP contribution in [0.1, 0.15) is 17.0 Å². The molecular weight excluding hydrogens is 330 g/mol. The first-order chi connectivity index (χ1) is 12.2. The molecule has 1 aliphatic heterocycles. The predicted octanol–water partition coefficient (Wildman–Crippen LogP) is 3.71. The van der Waals surface area contributed by atoms with Crippen molar-refractivity contribution in [3.63, 3.8) is 0 Å². The van der Waals surface area contributed by atoms with E-state index in [1.807, 2.05) is 42.3 Å². The molecule has 3 aromatic rings. The second-order valence-electron chi connectivity index (χ2n) is 6.53. The Labute approximate surface area is 151 Å². The van der Waals surface area contributed by atoms with E-state index in [1.54, 1.807) is 11.3 Å². The molecule has 0 fully saturated rings. The second-order valence-corrected chi connectivity index (χ2v) is 7.64. The number of likely N-dealkylation sites (N-methyl/N-ethyl adjacent to an activating group) is 1. The molecule has 0 radical (unpaired) electrons. The minimum Gasteiger partial charge on any atom is -0.311 e. The van der Waals surface area contributed by atoms with Gasteiger partial charge in [0.1, 0.15) is 5.01 Å². The molecule has 128 valence electrons. The molecule has 0 aliphatic carbocycles.